The van der Waals surface area contributed by atoms with E-state index in [1.807, 2.05) is 36.5 Å². The lowest BCUT2D eigenvalue weighted by atomic mass is 10.1. The molecule has 1 fully saturated rings. The Labute approximate surface area is 205 Å². The molecule has 1 aliphatic carbocycles. The molecule has 0 spiro atoms. The fraction of sp³-hybridized carbons (Fsp3) is 0.214. The largest absolute Gasteiger partial charge is 0.378 e. The number of ether oxygens (including phenoxy) is 1. The first-order chi connectivity index (χ1) is 16.8. The van der Waals surface area contributed by atoms with E-state index >= 15 is 0 Å². The fourth-order valence-electron chi connectivity index (χ4n) is 4.58. The van der Waals surface area contributed by atoms with Crippen molar-refractivity contribution >= 4 is 46.1 Å². The van der Waals surface area contributed by atoms with E-state index in [9.17, 15) is 0 Å². The van der Waals surface area contributed by atoms with Gasteiger partial charge in [-0.15, -0.1) is 0 Å². The number of rotatable bonds is 5. The third kappa shape index (κ3) is 5.19. The molecule has 0 radical (unpaired) electrons. The molecule has 2 aliphatic rings. The average Bonchev–Trinajstić information content (AvgIpc) is 3.27. The summed E-state index contributed by atoms with van der Waals surface area (Å²) in [5.41, 5.74) is 9.05. The number of allylic oxidation sites excluding steroid dienone is 2. The first kappa shape index (κ1) is 22.3. The van der Waals surface area contributed by atoms with Gasteiger partial charge in [0.15, 0.2) is 5.11 Å². The lowest BCUT2D eigenvalue weighted by Crippen LogP contribution is -2.36. The molecule has 1 heterocycles. The third-order valence-corrected chi connectivity index (χ3v) is 6.36. The number of morpholine rings is 1. The van der Waals surface area contributed by atoms with E-state index in [2.05, 4.69) is 69.3 Å². The van der Waals surface area contributed by atoms with Crippen LogP contribution in [0.1, 0.15) is 18.4 Å². The molecule has 0 atom stereocenters. The van der Waals surface area contributed by atoms with Gasteiger partial charge in [0.1, 0.15) is 0 Å². The van der Waals surface area contributed by atoms with Gasteiger partial charge in [0.25, 0.3) is 0 Å². The summed E-state index contributed by atoms with van der Waals surface area (Å²) in [6.07, 6.45) is 6.18. The summed E-state index contributed by atoms with van der Waals surface area (Å²) in [5, 5.41) is 10.5. The molecule has 6 heteroatoms. The second-order valence-corrected chi connectivity index (χ2v) is 8.81. The van der Waals surface area contributed by atoms with Crippen LogP contribution in [-0.2, 0) is 4.74 Å². The van der Waals surface area contributed by atoms with Crippen LogP contribution >= 0.6 is 12.2 Å². The van der Waals surface area contributed by atoms with Crippen molar-refractivity contribution in [2.24, 2.45) is 5.10 Å². The van der Waals surface area contributed by atoms with Crippen molar-refractivity contribution < 1.29 is 4.74 Å². The molecule has 0 bridgehead atoms. The van der Waals surface area contributed by atoms with Crippen LogP contribution in [0, 0.1) is 0 Å². The van der Waals surface area contributed by atoms with Gasteiger partial charge < -0.3 is 15.0 Å². The Kier molecular flexibility index (Phi) is 6.98. The Hall–Kier alpha value is -3.48. The van der Waals surface area contributed by atoms with Crippen LogP contribution in [0.4, 0.5) is 5.69 Å². The van der Waals surface area contributed by atoms with E-state index < -0.39 is 0 Å². The first-order valence-corrected chi connectivity index (χ1v) is 12.1. The molecule has 1 saturated heterocycles. The predicted molar refractivity (Wildman–Crippen MR) is 145 cm³/mol. The third-order valence-electron chi connectivity index (χ3n) is 6.16. The number of thiocarbonyl (C=S) groups is 1. The molecular formula is C28H28N4OS. The molecule has 3 aromatic carbocycles. The van der Waals surface area contributed by atoms with Gasteiger partial charge in [-0.05, 0) is 59.3 Å². The van der Waals surface area contributed by atoms with Gasteiger partial charge in [0, 0.05) is 29.9 Å². The van der Waals surface area contributed by atoms with Crippen molar-refractivity contribution in [1.82, 2.24) is 10.3 Å². The summed E-state index contributed by atoms with van der Waals surface area (Å²) in [6, 6.07) is 24.9. The second-order valence-electron chi connectivity index (χ2n) is 8.40. The lowest BCUT2D eigenvalue weighted by Gasteiger charge is -2.31. The SMILES string of the molecule is S=C(NN=CC1=C(N2CCOCC2)C(=Cc2ccccc2)CC1)Nc1cccc2ccccc12. The first-order valence-electron chi connectivity index (χ1n) is 11.7. The van der Waals surface area contributed by atoms with Gasteiger partial charge in [0.05, 0.1) is 19.4 Å². The van der Waals surface area contributed by atoms with E-state index in [4.69, 9.17) is 17.0 Å². The maximum atomic E-state index is 5.59. The van der Waals surface area contributed by atoms with Crippen molar-refractivity contribution in [2.75, 3.05) is 31.6 Å². The van der Waals surface area contributed by atoms with Crippen molar-refractivity contribution in [2.45, 2.75) is 12.8 Å². The van der Waals surface area contributed by atoms with Crippen LogP contribution in [0.2, 0.25) is 0 Å². The number of hydrazone groups is 1. The molecule has 0 unspecified atom stereocenters. The molecule has 5 rings (SSSR count). The quantitative estimate of drug-likeness (QED) is 0.291. The fourth-order valence-corrected chi connectivity index (χ4v) is 4.74. The smallest absolute Gasteiger partial charge is 0.191 e. The minimum atomic E-state index is 0.471. The molecule has 0 aromatic heterocycles. The number of nitrogens with zero attached hydrogens (tertiary/aromatic N) is 2. The molecule has 172 valence electrons. The number of nitrogens with one attached hydrogen (secondary N) is 2. The minimum Gasteiger partial charge on any atom is -0.378 e. The van der Waals surface area contributed by atoms with Gasteiger partial charge in [0.2, 0.25) is 0 Å². The highest BCUT2D eigenvalue weighted by Crippen LogP contribution is 2.35. The molecule has 0 saturated carbocycles. The monoisotopic (exact) mass is 468 g/mol. The molecule has 1 aliphatic heterocycles. The number of benzene rings is 3. The van der Waals surface area contributed by atoms with Crippen molar-refractivity contribution in [3.8, 4) is 0 Å². The molecule has 3 aromatic rings. The minimum absolute atomic E-state index is 0.471. The zero-order valence-corrected chi connectivity index (χ0v) is 19.9. The highest BCUT2D eigenvalue weighted by atomic mass is 32.1. The number of anilines is 1. The van der Waals surface area contributed by atoms with Crippen LogP contribution in [0.15, 0.2) is 94.7 Å². The van der Waals surface area contributed by atoms with E-state index in [1.165, 1.54) is 27.8 Å². The maximum Gasteiger partial charge on any atom is 0.191 e. The number of hydrogen-bond acceptors (Lipinski definition) is 4. The Morgan fingerprint density at radius 3 is 2.53 bits per heavy atom. The van der Waals surface area contributed by atoms with Crippen LogP contribution in [0.5, 0.6) is 0 Å². The topological polar surface area (TPSA) is 48.9 Å². The molecule has 0 amide bonds. The lowest BCUT2D eigenvalue weighted by molar-refractivity contribution is 0.0548. The van der Waals surface area contributed by atoms with E-state index in [1.54, 1.807) is 0 Å². The summed E-state index contributed by atoms with van der Waals surface area (Å²) < 4.78 is 5.59. The molecular weight excluding hydrogens is 440 g/mol. The van der Waals surface area contributed by atoms with Crippen LogP contribution in [-0.4, -0.2) is 42.5 Å². The standard InChI is InChI=1S/C28H28N4OS/c34-28(30-26-12-6-10-22-9-4-5-11-25(22)26)31-29-20-24-14-13-23(19-21-7-2-1-3-8-21)27(24)32-15-17-33-18-16-32/h1-12,19-20H,13-18H2,(H2,30,31,34). The summed E-state index contributed by atoms with van der Waals surface area (Å²) in [7, 11) is 0. The summed E-state index contributed by atoms with van der Waals surface area (Å²) in [6.45, 7) is 3.30. The second kappa shape index (κ2) is 10.6. The Balaban J connectivity index is 1.33. The maximum absolute atomic E-state index is 5.59. The van der Waals surface area contributed by atoms with Crippen molar-refractivity contribution in [3.63, 3.8) is 0 Å². The highest BCUT2D eigenvalue weighted by molar-refractivity contribution is 7.80. The normalized spacial score (nSPS) is 17.6. The van der Waals surface area contributed by atoms with Crippen LogP contribution < -0.4 is 10.7 Å². The molecule has 34 heavy (non-hydrogen) atoms. The number of hydrogen-bond donors (Lipinski definition) is 2. The van der Waals surface area contributed by atoms with E-state index in [0.717, 1.165) is 50.2 Å². The number of fused-ring (bicyclic) bond motifs is 1. The summed E-state index contributed by atoms with van der Waals surface area (Å²) >= 11 is 5.51. The summed E-state index contributed by atoms with van der Waals surface area (Å²) in [4.78, 5) is 2.43. The van der Waals surface area contributed by atoms with E-state index in [0.29, 0.717) is 5.11 Å². The van der Waals surface area contributed by atoms with Gasteiger partial charge in [-0.1, -0.05) is 66.7 Å². The van der Waals surface area contributed by atoms with Crippen molar-refractivity contribution in [1.29, 1.82) is 0 Å². The Morgan fingerprint density at radius 1 is 0.912 bits per heavy atom. The predicted octanol–water partition coefficient (Wildman–Crippen LogP) is 5.58. The molecule has 5 nitrogen and oxygen atoms in total. The zero-order valence-electron chi connectivity index (χ0n) is 19.0. The van der Waals surface area contributed by atoms with Gasteiger partial charge in [-0.25, -0.2) is 0 Å². The highest BCUT2D eigenvalue weighted by Gasteiger charge is 2.25. The Bertz CT molecular complexity index is 1250. The van der Waals surface area contributed by atoms with Crippen LogP contribution in [0.3, 0.4) is 0 Å². The average molecular weight is 469 g/mol. The Morgan fingerprint density at radius 2 is 1.68 bits per heavy atom. The molecule has 2 N–H and O–H groups in total. The van der Waals surface area contributed by atoms with Gasteiger partial charge in [-0.2, -0.15) is 5.10 Å². The van der Waals surface area contributed by atoms with Gasteiger partial charge >= 0.3 is 0 Å². The van der Waals surface area contributed by atoms with Crippen LogP contribution in [0.25, 0.3) is 16.8 Å². The van der Waals surface area contributed by atoms with E-state index in [-0.39, 0.29) is 0 Å². The van der Waals surface area contributed by atoms with Crippen molar-refractivity contribution in [3.05, 3.63) is 95.2 Å². The van der Waals surface area contributed by atoms with Gasteiger partial charge in [-0.3, -0.25) is 5.43 Å². The summed E-state index contributed by atoms with van der Waals surface area (Å²) in [5.74, 6) is 0. The zero-order chi connectivity index (χ0) is 23.2.